The average molecular weight is 187 g/mol. The maximum atomic E-state index is 11.8. The van der Waals surface area contributed by atoms with Crippen LogP contribution >= 0.6 is 0 Å². The fourth-order valence-corrected chi connectivity index (χ4v) is 1.75. The van der Waals surface area contributed by atoms with Gasteiger partial charge in [-0.15, -0.1) is 0 Å². The van der Waals surface area contributed by atoms with E-state index in [1.54, 1.807) is 0 Å². The Balaban J connectivity index is 4.53. The summed E-state index contributed by atoms with van der Waals surface area (Å²) in [5.74, 6) is 0.252. The Morgan fingerprint density at radius 3 is 1.58 bits per heavy atom. The Kier molecular flexibility index (Phi) is 3.12. The molecule has 0 rings (SSSR count). The van der Waals surface area contributed by atoms with Crippen LogP contribution in [0.4, 0.5) is 0 Å². The second kappa shape index (κ2) is 3.21. The third kappa shape index (κ3) is 2.97. The van der Waals surface area contributed by atoms with Crippen molar-refractivity contribution in [1.82, 2.24) is 4.57 Å². The van der Waals surface area contributed by atoms with Crippen LogP contribution in [-0.4, -0.2) is 25.8 Å². The lowest BCUT2D eigenvalue weighted by Crippen LogP contribution is -2.51. The Morgan fingerprint density at radius 1 is 1.17 bits per heavy atom. The molecule has 0 fully saturated rings. The summed E-state index contributed by atoms with van der Waals surface area (Å²) in [5.41, 5.74) is -0.241. The molecule has 0 aliphatic heterocycles. The van der Waals surface area contributed by atoms with Crippen molar-refractivity contribution in [1.29, 1.82) is 0 Å². The predicted octanol–water partition coefficient (Wildman–Crippen LogP) is 2.33. The maximum absolute atomic E-state index is 11.8. The topological polar surface area (TPSA) is 20.3 Å². The predicted molar refractivity (Wildman–Crippen MR) is 55.6 cm³/mol. The number of hydrogen-bond acceptors (Lipinski definition) is 1. The van der Waals surface area contributed by atoms with Crippen LogP contribution in [0.15, 0.2) is 0 Å². The molecule has 0 radical (unpaired) electrons. The molecule has 0 atom stereocenters. The summed E-state index contributed by atoms with van der Waals surface area (Å²) in [7, 11) is 0.467. The molecule has 0 aromatic heterocycles. The highest BCUT2D eigenvalue weighted by molar-refractivity contribution is 6.75. The molecule has 0 aromatic rings. The van der Waals surface area contributed by atoms with Gasteiger partial charge in [0.2, 0.25) is 5.91 Å². The van der Waals surface area contributed by atoms with E-state index in [4.69, 9.17) is 0 Å². The van der Waals surface area contributed by atoms with Crippen molar-refractivity contribution in [3.8, 4) is 0 Å². The van der Waals surface area contributed by atoms with Gasteiger partial charge in [0, 0.05) is 12.5 Å². The van der Waals surface area contributed by atoms with E-state index < -0.39 is 8.24 Å². The van der Waals surface area contributed by atoms with E-state index in [1.165, 1.54) is 0 Å². The van der Waals surface area contributed by atoms with Crippen molar-refractivity contribution in [2.24, 2.45) is 5.41 Å². The van der Waals surface area contributed by atoms with Crippen LogP contribution in [0, 0.1) is 5.41 Å². The molecule has 0 bridgehead atoms. The van der Waals surface area contributed by atoms with E-state index >= 15 is 0 Å². The average Bonchev–Trinajstić information content (AvgIpc) is 1.80. The molecule has 2 nitrogen and oxygen atoms in total. The summed E-state index contributed by atoms with van der Waals surface area (Å²) in [4.78, 5) is 11.8. The van der Waals surface area contributed by atoms with Crippen molar-refractivity contribution in [3.63, 3.8) is 0 Å². The number of carbonyl (C=O) groups is 1. The summed E-state index contributed by atoms with van der Waals surface area (Å²) in [6.45, 7) is 12.4. The van der Waals surface area contributed by atoms with Crippen molar-refractivity contribution >= 4 is 14.1 Å². The fourth-order valence-electron chi connectivity index (χ4n) is 0.808. The second-order valence-electron chi connectivity index (χ2n) is 5.28. The minimum Gasteiger partial charge on any atom is -0.372 e. The van der Waals surface area contributed by atoms with Crippen LogP contribution in [0.2, 0.25) is 19.6 Å². The third-order valence-electron chi connectivity index (χ3n) is 1.95. The largest absolute Gasteiger partial charge is 0.372 e. The second-order valence-corrected chi connectivity index (χ2v) is 10.3. The van der Waals surface area contributed by atoms with Gasteiger partial charge in [-0.3, -0.25) is 4.79 Å². The van der Waals surface area contributed by atoms with Crippen LogP contribution in [0.25, 0.3) is 0 Å². The third-order valence-corrected chi connectivity index (χ3v) is 4.17. The quantitative estimate of drug-likeness (QED) is 0.577. The summed E-state index contributed by atoms with van der Waals surface area (Å²) < 4.78 is 1.94. The first-order chi connectivity index (χ1) is 5.07. The van der Waals surface area contributed by atoms with Crippen molar-refractivity contribution in [3.05, 3.63) is 0 Å². The number of amides is 1. The van der Waals surface area contributed by atoms with E-state index in [1.807, 2.05) is 32.4 Å². The minimum absolute atomic E-state index is 0.241. The van der Waals surface area contributed by atoms with Crippen molar-refractivity contribution < 1.29 is 4.79 Å². The lowest BCUT2D eigenvalue weighted by atomic mass is 9.96. The molecular weight excluding hydrogens is 166 g/mol. The Labute approximate surface area is 77.0 Å². The first-order valence-electron chi connectivity index (χ1n) is 4.35. The molecule has 3 heteroatoms. The van der Waals surface area contributed by atoms with E-state index in [-0.39, 0.29) is 11.3 Å². The first kappa shape index (κ1) is 11.7. The number of rotatable bonds is 1. The highest BCUT2D eigenvalue weighted by Gasteiger charge is 2.32. The van der Waals surface area contributed by atoms with Gasteiger partial charge in [0.1, 0.15) is 0 Å². The zero-order chi connectivity index (χ0) is 10.2. The van der Waals surface area contributed by atoms with E-state index in [0.29, 0.717) is 0 Å². The lowest BCUT2D eigenvalue weighted by Gasteiger charge is -2.35. The molecular formula is C9H21NOSi. The highest BCUT2D eigenvalue weighted by atomic mass is 28.3. The van der Waals surface area contributed by atoms with Crippen molar-refractivity contribution in [2.75, 3.05) is 7.05 Å². The van der Waals surface area contributed by atoms with E-state index in [2.05, 4.69) is 19.6 Å². The molecule has 0 aliphatic rings. The molecule has 0 N–H and O–H groups in total. The van der Waals surface area contributed by atoms with Gasteiger partial charge in [-0.25, -0.2) is 0 Å². The van der Waals surface area contributed by atoms with Gasteiger partial charge in [-0.2, -0.15) is 0 Å². The molecule has 1 amide bonds. The van der Waals surface area contributed by atoms with Crippen LogP contribution in [0.1, 0.15) is 20.8 Å². The summed E-state index contributed by atoms with van der Waals surface area (Å²) >= 11 is 0. The van der Waals surface area contributed by atoms with Gasteiger partial charge in [0.05, 0.1) is 0 Å². The monoisotopic (exact) mass is 187 g/mol. The van der Waals surface area contributed by atoms with Gasteiger partial charge >= 0.3 is 0 Å². The molecule has 12 heavy (non-hydrogen) atoms. The number of hydrogen-bond donors (Lipinski definition) is 0. The highest BCUT2D eigenvalue weighted by Crippen LogP contribution is 2.20. The molecule has 0 heterocycles. The van der Waals surface area contributed by atoms with Crippen LogP contribution in [0.3, 0.4) is 0 Å². The van der Waals surface area contributed by atoms with Crippen LogP contribution in [0.5, 0.6) is 0 Å². The zero-order valence-electron chi connectivity index (χ0n) is 9.36. The molecule has 0 aromatic carbocycles. The van der Waals surface area contributed by atoms with Gasteiger partial charge in [0.25, 0.3) is 0 Å². The smallest absolute Gasteiger partial charge is 0.219 e. The normalized spacial score (nSPS) is 12.9. The van der Waals surface area contributed by atoms with Crippen LogP contribution < -0.4 is 0 Å². The van der Waals surface area contributed by atoms with Gasteiger partial charge in [0.15, 0.2) is 8.24 Å². The molecule has 0 saturated heterocycles. The van der Waals surface area contributed by atoms with E-state index in [0.717, 1.165) is 0 Å². The molecule has 0 unspecified atom stereocenters. The summed E-state index contributed by atoms with van der Waals surface area (Å²) in [6.07, 6.45) is 0. The zero-order valence-corrected chi connectivity index (χ0v) is 10.4. The molecule has 0 spiro atoms. The molecule has 72 valence electrons. The fraction of sp³-hybridized carbons (Fsp3) is 0.889. The number of carbonyl (C=O) groups excluding carboxylic acids is 1. The Morgan fingerprint density at radius 2 is 1.50 bits per heavy atom. The first-order valence-corrected chi connectivity index (χ1v) is 7.80. The van der Waals surface area contributed by atoms with E-state index in [9.17, 15) is 4.79 Å². The Bertz CT molecular complexity index is 176. The number of nitrogens with zero attached hydrogens (tertiary/aromatic N) is 1. The molecule has 0 saturated carbocycles. The van der Waals surface area contributed by atoms with Gasteiger partial charge < -0.3 is 4.57 Å². The minimum atomic E-state index is -1.45. The SMILES string of the molecule is CN(C(=O)C(C)(C)C)[Si](C)(C)C. The Hall–Kier alpha value is -0.313. The van der Waals surface area contributed by atoms with Gasteiger partial charge in [-0.1, -0.05) is 40.4 Å². The summed E-state index contributed by atoms with van der Waals surface area (Å²) in [6, 6.07) is 0. The summed E-state index contributed by atoms with van der Waals surface area (Å²) in [5, 5.41) is 0. The van der Waals surface area contributed by atoms with Gasteiger partial charge in [-0.05, 0) is 0 Å². The lowest BCUT2D eigenvalue weighted by molar-refractivity contribution is -0.134. The molecule has 0 aliphatic carbocycles. The maximum Gasteiger partial charge on any atom is 0.219 e. The van der Waals surface area contributed by atoms with Crippen LogP contribution in [-0.2, 0) is 4.79 Å². The van der Waals surface area contributed by atoms with Crippen molar-refractivity contribution in [2.45, 2.75) is 40.4 Å². The standard InChI is InChI=1S/C9H21NOSi/c1-9(2,3)8(11)10(4)12(5,6)7/h1-7H3.